The minimum Gasteiger partial charge on any atom is -0.439 e. The highest BCUT2D eigenvalue weighted by Gasteiger charge is 2.28. The predicted molar refractivity (Wildman–Crippen MR) is 140 cm³/mol. The van der Waals surface area contributed by atoms with Gasteiger partial charge in [-0.15, -0.1) is 11.3 Å². The number of fused-ring (bicyclic) bond motifs is 1. The number of furan rings is 1. The molecule has 0 unspecified atom stereocenters. The van der Waals surface area contributed by atoms with Gasteiger partial charge >= 0.3 is 0 Å². The van der Waals surface area contributed by atoms with Crippen molar-refractivity contribution < 1.29 is 22.4 Å². The van der Waals surface area contributed by atoms with Gasteiger partial charge in [0, 0.05) is 23.8 Å². The van der Waals surface area contributed by atoms with Gasteiger partial charge in [0.1, 0.15) is 5.00 Å². The van der Waals surface area contributed by atoms with Crippen molar-refractivity contribution in [1.29, 1.82) is 0 Å². The van der Waals surface area contributed by atoms with Crippen LogP contribution in [0.2, 0.25) is 0 Å². The Morgan fingerprint density at radius 3 is 2.57 bits per heavy atom. The summed E-state index contributed by atoms with van der Waals surface area (Å²) in [4.78, 5) is 31.5. The maximum atomic E-state index is 13.2. The summed E-state index contributed by atoms with van der Waals surface area (Å²) in [6.45, 7) is 2.17. The summed E-state index contributed by atoms with van der Waals surface area (Å²) in [7, 11) is -3.91. The van der Waals surface area contributed by atoms with Crippen molar-refractivity contribution in [1.82, 2.24) is 10.3 Å². The average molecular weight is 536 g/mol. The molecule has 0 saturated heterocycles. The van der Waals surface area contributed by atoms with Gasteiger partial charge in [-0.05, 0) is 74.1 Å². The number of rotatable bonds is 7. The lowest BCUT2D eigenvalue weighted by Crippen LogP contribution is -2.25. The lowest BCUT2D eigenvalue weighted by atomic mass is 9.95. The fourth-order valence-corrected chi connectivity index (χ4v) is 6.71. The second-order valence-corrected chi connectivity index (χ2v) is 11.8. The molecule has 5 rings (SSSR count). The Bertz CT molecular complexity index is 1560. The van der Waals surface area contributed by atoms with Crippen LogP contribution in [0.3, 0.4) is 0 Å². The standard InChI is InChI=1S/C27H25N3O5S2/c1-17-8-10-19(11-9-17)37(33,34)23-13-12-21(35-23)25(31)30-27-24(20-6-2-3-7-22(20)36-27)26(32)29-16-18-5-4-14-28-15-18/h4-5,8-15H,2-3,6-7,16H2,1H3,(H,29,32)(H,30,31). The van der Waals surface area contributed by atoms with Crippen molar-refractivity contribution in [2.24, 2.45) is 0 Å². The van der Waals surface area contributed by atoms with E-state index in [0.717, 1.165) is 47.3 Å². The van der Waals surface area contributed by atoms with E-state index in [1.54, 1.807) is 30.6 Å². The van der Waals surface area contributed by atoms with Gasteiger partial charge in [0.15, 0.2) is 5.76 Å². The molecule has 10 heteroatoms. The van der Waals surface area contributed by atoms with E-state index in [2.05, 4.69) is 15.6 Å². The minimum atomic E-state index is -3.91. The summed E-state index contributed by atoms with van der Waals surface area (Å²) >= 11 is 1.38. The number of hydrogen-bond acceptors (Lipinski definition) is 7. The zero-order chi connectivity index (χ0) is 26.0. The fourth-order valence-electron chi connectivity index (χ4n) is 4.25. The Kier molecular flexibility index (Phi) is 6.94. The van der Waals surface area contributed by atoms with E-state index in [1.807, 2.05) is 13.0 Å². The quantitative estimate of drug-likeness (QED) is 0.346. The largest absolute Gasteiger partial charge is 0.439 e. The van der Waals surface area contributed by atoms with Crippen molar-refractivity contribution in [2.45, 2.75) is 49.1 Å². The molecule has 3 aromatic heterocycles. The van der Waals surface area contributed by atoms with E-state index in [0.29, 0.717) is 17.1 Å². The monoisotopic (exact) mass is 535 g/mol. The number of aromatic nitrogens is 1. The molecule has 0 radical (unpaired) electrons. The number of thiophene rings is 1. The molecule has 8 nitrogen and oxygen atoms in total. The number of hydrogen-bond donors (Lipinski definition) is 2. The molecule has 1 aliphatic rings. The summed E-state index contributed by atoms with van der Waals surface area (Å²) < 4.78 is 31.3. The molecule has 2 N–H and O–H groups in total. The van der Waals surface area contributed by atoms with Crippen molar-refractivity contribution >= 4 is 38.0 Å². The zero-order valence-electron chi connectivity index (χ0n) is 20.1. The molecule has 0 saturated carbocycles. The maximum Gasteiger partial charge on any atom is 0.292 e. The molecule has 0 aliphatic heterocycles. The van der Waals surface area contributed by atoms with Crippen molar-refractivity contribution in [2.75, 3.05) is 5.32 Å². The molecule has 4 aromatic rings. The number of aryl methyl sites for hydroxylation is 2. The van der Waals surface area contributed by atoms with Gasteiger partial charge in [-0.3, -0.25) is 14.6 Å². The van der Waals surface area contributed by atoms with E-state index in [-0.39, 0.29) is 21.7 Å². The summed E-state index contributed by atoms with van der Waals surface area (Å²) in [5, 5.41) is 5.83. The molecule has 190 valence electrons. The minimum absolute atomic E-state index is 0.0814. The summed E-state index contributed by atoms with van der Waals surface area (Å²) in [6.07, 6.45) is 6.95. The van der Waals surface area contributed by atoms with Crippen molar-refractivity contribution in [3.63, 3.8) is 0 Å². The Hall–Kier alpha value is -3.76. The number of sulfone groups is 1. The van der Waals surface area contributed by atoms with Crippen LogP contribution in [0.5, 0.6) is 0 Å². The van der Waals surface area contributed by atoms with Gasteiger partial charge in [0.05, 0.1) is 10.5 Å². The van der Waals surface area contributed by atoms with Gasteiger partial charge in [-0.25, -0.2) is 8.42 Å². The molecule has 1 aromatic carbocycles. The Morgan fingerprint density at radius 2 is 1.81 bits per heavy atom. The third-order valence-electron chi connectivity index (χ3n) is 6.20. The van der Waals surface area contributed by atoms with E-state index in [4.69, 9.17) is 4.42 Å². The third kappa shape index (κ3) is 5.21. The molecule has 0 atom stereocenters. The number of carbonyl (C=O) groups excluding carboxylic acids is 2. The molecule has 0 spiro atoms. The van der Waals surface area contributed by atoms with E-state index < -0.39 is 15.7 Å². The molecular weight excluding hydrogens is 510 g/mol. The fraction of sp³-hybridized carbons (Fsp3) is 0.222. The molecule has 0 fully saturated rings. The van der Waals surface area contributed by atoms with Crippen LogP contribution < -0.4 is 10.6 Å². The van der Waals surface area contributed by atoms with E-state index in [9.17, 15) is 18.0 Å². The number of carbonyl (C=O) groups is 2. The number of pyridine rings is 1. The van der Waals surface area contributed by atoms with Gasteiger partial charge in [0.2, 0.25) is 14.9 Å². The van der Waals surface area contributed by atoms with Gasteiger partial charge in [-0.2, -0.15) is 0 Å². The van der Waals surface area contributed by atoms with E-state index in [1.165, 1.54) is 35.6 Å². The number of nitrogens with one attached hydrogen (secondary N) is 2. The van der Waals surface area contributed by atoms with Crippen LogP contribution in [0.25, 0.3) is 0 Å². The van der Waals surface area contributed by atoms with Crippen LogP contribution >= 0.6 is 11.3 Å². The van der Waals surface area contributed by atoms with Crippen LogP contribution in [0.1, 0.15) is 55.3 Å². The molecule has 1 aliphatic carbocycles. The number of amides is 2. The summed E-state index contributed by atoms with van der Waals surface area (Å²) in [6, 6.07) is 12.7. The average Bonchev–Trinajstić information content (AvgIpc) is 3.54. The maximum absolute atomic E-state index is 13.2. The summed E-state index contributed by atoms with van der Waals surface area (Å²) in [5.74, 6) is -1.05. The lowest BCUT2D eigenvalue weighted by Gasteiger charge is -2.13. The first-order chi connectivity index (χ1) is 17.8. The smallest absolute Gasteiger partial charge is 0.292 e. The highest BCUT2D eigenvalue weighted by Crippen LogP contribution is 2.38. The molecule has 37 heavy (non-hydrogen) atoms. The Balaban J connectivity index is 1.38. The van der Waals surface area contributed by atoms with Gasteiger partial charge in [0.25, 0.3) is 11.8 Å². The lowest BCUT2D eigenvalue weighted by molar-refractivity contribution is 0.0951. The predicted octanol–water partition coefficient (Wildman–Crippen LogP) is 4.94. The van der Waals surface area contributed by atoms with Crippen LogP contribution in [-0.4, -0.2) is 25.2 Å². The Morgan fingerprint density at radius 1 is 1.03 bits per heavy atom. The molecule has 3 heterocycles. The highest BCUT2D eigenvalue weighted by atomic mass is 32.2. The van der Waals surface area contributed by atoms with Gasteiger partial charge < -0.3 is 15.1 Å². The molecule has 2 amide bonds. The van der Waals surface area contributed by atoms with Crippen LogP contribution in [0.15, 0.2) is 75.3 Å². The summed E-state index contributed by atoms with van der Waals surface area (Å²) in [5.41, 5.74) is 3.20. The molecular formula is C27H25N3O5S2. The van der Waals surface area contributed by atoms with Crippen molar-refractivity contribution in [3.05, 3.63) is 93.8 Å². The first-order valence-corrected chi connectivity index (χ1v) is 14.2. The highest BCUT2D eigenvalue weighted by molar-refractivity contribution is 7.91. The zero-order valence-corrected chi connectivity index (χ0v) is 21.7. The normalized spacial score (nSPS) is 13.1. The number of anilines is 1. The van der Waals surface area contributed by atoms with Crippen LogP contribution in [-0.2, 0) is 29.2 Å². The van der Waals surface area contributed by atoms with Crippen molar-refractivity contribution in [3.8, 4) is 0 Å². The number of nitrogens with zero attached hydrogens (tertiary/aromatic N) is 1. The Labute approximate surface area is 218 Å². The second kappa shape index (κ2) is 10.3. The topological polar surface area (TPSA) is 118 Å². The first-order valence-electron chi connectivity index (χ1n) is 11.9. The third-order valence-corrected chi connectivity index (χ3v) is 9.05. The first kappa shape index (κ1) is 24.9. The second-order valence-electron chi connectivity index (χ2n) is 8.85. The SMILES string of the molecule is Cc1ccc(S(=O)(=O)c2ccc(C(=O)Nc3sc4c(c3C(=O)NCc3cccnc3)CCCC4)o2)cc1. The van der Waals surface area contributed by atoms with E-state index >= 15 is 0 Å². The van der Waals surface area contributed by atoms with Crippen LogP contribution in [0, 0.1) is 6.92 Å². The number of benzene rings is 1. The molecule has 0 bridgehead atoms. The van der Waals surface area contributed by atoms with Crippen LogP contribution in [0.4, 0.5) is 5.00 Å². The van der Waals surface area contributed by atoms with Gasteiger partial charge in [-0.1, -0.05) is 23.8 Å².